The first-order valence-corrected chi connectivity index (χ1v) is 16.0. The zero-order chi connectivity index (χ0) is 35.9. The first-order chi connectivity index (χ1) is 23.7. The second kappa shape index (κ2) is 11.5. The first-order valence-electron chi connectivity index (χ1n) is 16.0. The number of hydrogen-bond acceptors (Lipinski definition) is 9. The lowest BCUT2D eigenvalue weighted by Crippen LogP contribution is -2.63. The number of aliphatic hydroxyl groups is 2. The fourth-order valence-electron chi connectivity index (χ4n) is 8.33. The molecule has 1 saturated carbocycles. The van der Waals surface area contributed by atoms with Crippen molar-refractivity contribution in [2.75, 3.05) is 19.8 Å². The summed E-state index contributed by atoms with van der Waals surface area (Å²) in [4.78, 5) is 56.4. The average molecular weight is 677 g/mol. The van der Waals surface area contributed by atoms with E-state index in [0.717, 1.165) is 4.90 Å². The molecule has 3 aromatic rings. The van der Waals surface area contributed by atoms with Crippen molar-refractivity contribution in [2.24, 2.45) is 23.5 Å². The summed E-state index contributed by atoms with van der Waals surface area (Å²) in [6.45, 7) is 3.34. The first kappa shape index (κ1) is 32.5. The van der Waals surface area contributed by atoms with Crippen LogP contribution in [0.4, 0.5) is 11.4 Å². The maximum atomic E-state index is 14.4. The van der Waals surface area contributed by atoms with E-state index in [-0.39, 0.29) is 52.2 Å². The van der Waals surface area contributed by atoms with Crippen molar-refractivity contribution in [2.45, 2.75) is 25.4 Å². The van der Waals surface area contributed by atoms with Crippen LogP contribution in [0.1, 0.15) is 43.8 Å². The number of amides is 3. The number of imide groups is 1. The predicted octanol–water partition coefficient (Wildman–Crippen LogP) is 1.55. The number of ketones is 1. The van der Waals surface area contributed by atoms with Crippen molar-refractivity contribution >= 4 is 53.1 Å². The molecule has 0 aromatic heterocycles. The van der Waals surface area contributed by atoms with Crippen LogP contribution in [0.25, 0.3) is 16.9 Å². The number of nitrogens with two attached hydrogens (primary N) is 3. The van der Waals surface area contributed by atoms with E-state index in [9.17, 15) is 34.6 Å². The topological polar surface area (TPSA) is 216 Å². The maximum Gasteiger partial charge on any atom is 0.261 e. The van der Waals surface area contributed by atoms with Gasteiger partial charge in [0.25, 0.3) is 23.4 Å². The molecule has 0 spiro atoms. The molecule has 0 bridgehead atoms. The van der Waals surface area contributed by atoms with E-state index >= 15 is 0 Å². The van der Waals surface area contributed by atoms with E-state index in [4.69, 9.17) is 16.9 Å². The highest BCUT2D eigenvalue weighted by Gasteiger charge is 2.56. The Morgan fingerprint density at radius 3 is 2.30 bits per heavy atom. The second-order valence-electron chi connectivity index (χ2n) is 13.4. The molecule has 254 valence electrons. The Balaban J connectivity index is 1.42. The Kier molecular flexibility index (Phi) is 7.48. The molecule has 1 fully saturated rings. The molecule has 9 N–H and O–H groups in total. The molecule has 13 heteroatoms. The van der Waals surface area contributed by atoms with Crippen molar-refractivity contribution in [1.82, 2.24) is 9.80 Å². The largest absolute Gasteiger partial charge is 0.510 e. The van der Waals surface area contributed by atoms with Crippen LogP contribution in [0.15, 0.2) is 71.5 Å². The molecule has 1 heterocycles. The van der Waals surface area contributed by atoms with Gasteiger partial charge in [0.1, 0.15) is 17.1 Å². The zero-order valence-corrected chi connectivity index (χ0v) is 27.4. The van der Waals surface area contributed by atoms with Crippen LogP contribution >= 0.6 is 0 Å². The molecule has 0 saturated heterocycles. The average Bonchev–Trinajstić information content (AvgIpc) is 3.30. The third-order valence-electron chi connectivity index (χ3n) is 10.5. The van der Waals surface area contributed by atoms with Crippen LogP contribution in [0, 0.1) is 17.8 Å². The summed E-state index contributed by atoms with van der Waals surface area (Å²) >= 11 is 0. The maximum absolute atomic E-state index is 14.4. The third kappa shape index (κ3) is 4.65. The number of carbonyl (C=O) groups excluding carboxylic acids is 4. The van der Waals surface area contributed by atoms with Gasteiger partial charge in [0.15, 0.2) is 12.5 Å². The van der Waals surface area contributed by atoms with Crippen LogP contribution in [0.2, 0.25) is 0 Å². The number of benzene rings is 3. The fourth-order valence-corrected chi connectivity index (χ4v) is 8.33. The number of Topliss-reactive ketones (excluding diaryl/α,β-unsaturated/α-hetero) is 1. The summed E-state index contributed by atoms with van der Waals surface area (Å²) in [6.07, 6.45) is 0.565. The smallest absolute Gasteiger partial charge is 0.261 e. The Morgan fingerprint density at radius 2 is 1.70 bits per heavy atom. The van der Waals surface area contributed by atoms with Crippen LogP contribution in [-0.2, 0) is 22.6 Å². The standard InChI is InChI=1S/C37H34N6O7/c1-41(2)31-24-13-17-12-23-22(16-7-6-8-19(11-16)42(3)50)14-18(15-43-36(48)20-9-4-5-10-21(20)37(43)49)29(38)26(23)32(44)25(17)33(45)27(24)34(46)28(30(31)39)35(40)47/h4-11,14,17,24,27,31H,3,12-13,15H2,1-2H3,(H7-,38,39,40,44,45,46,47,50)/p+2/t17-,24+,27?,31-/m0/s1. The lowest BCUT2D eigenvalue weighted by Gasteiger charge is -2.45. The van der Waals surface area contributed by atoms with Crippen molar-refractivity contribution in [3.8, 4) is 11.1 Å². The number of nitrogen functional groups attached to an aromatic ring is 1. The molecule has 7 rings (SSSR count). The normalized spacial score (nSPS) is 22.8. The monoisotopic (exact) mass is 676 g/mol. The summed E-state index contributed by atoms with van der Waals surface area (Å²) in [5, 5.41) is 39.9. The van der Waals surface area contributed by atoms with Crippen LogP contribution < -0.4 is 16.9 Å². The number of allylic oxidation sites excluding steroid dienone is 2. The SMILES string of the molecule is C=[N+](O)c1cccc(-c2cc(CN3C(=O)c4ccccc4C3=O)c(N)c3c2C[C@H]2C[C@@H]4C(C(=O)C2=C3O)C(O)=C(C(N)=O)C(=[NH2+])[C@H]4N(C)C)c1. The van der Waals surface area contributed by atoms with Gasteiger partial charge in [-0.2, -0.15) is 0 Å². The van der Waals surface area contributed by atoms with E-state index in [1.807, 2.05) is 0 Å². The van der Waals surface area contributed by atoms with E-state index < -0.39 is 58.8 Å². The third-order valence-corrected chi connectivity index (χ3v) is 10.5. The van der Waals surface area contributed by atoms with Crippen molar-refractivity contribution in [3.05, 3.63) is 99.3 Å². The molecule has 13 nitrogen and oxygen atoms in total. The van der Waals surface area contributed by atoms with Gasteiger partial charge in [-0.1, -0.05) is 24.3 Å². The molecule has 4 atom stereocenters. The number of nitrogens with zero attached hydrogens (tertiary/aromatic N) is 3. The minimum Gasteiger partial charge on any atom is -0.510 e. The number of carbonyl (C=O) groups is 4. The summed E-state index contributed by atoms with van der Waals surface area (Å²) in [7, 11) is 3.52. The molecule has 3 aliphatic carbocycles. The molecule has 3 aromatic carbocycles. The minimum absolute atomic E-state index is 0.0515. The molecule has 1 aliphatic heterocycles. The highest BCUT2D eigenvalue weighted by molar-refractivity contribution is 6.23. The van der Waals surface area contributed by atoms with Gasteiger partial charge in [0.05, 0.1) is 29.6 Å². The number of aliphatic hydroxyl groups excluding tert-OH is 2. The molecular formula is C37H36N6O7+2. The summed E-state index contributed by atoms with van der Waals surface area (Å²) in [5.74, 6) is -5.72. The predicted molar refractivity (Wildman–Crippen MR) is 182 cm³/mol. The van der Waals surface area contributed by atoms with Gasteiger partial charge in [0, 0.05) is 39.6 Å². The van der Waals surface area contributed by atoms with E-state index in [1.54, 1.807) is 73.6 Å². The summed E-state index contributed by atoms with van der Waals surface area (Å²) in [6, 6.07) is 14.5. The number of anilines is 1. The van der Waals surface area contributed by atoms with Gasteiger partial charge in [-0.05, 0) is 73.3 Å². The fraction of sp³-hybridized carbons (Fsp3) is 0.243. The molecule has 0 radical (unpaired) electrons. The molecule has 1 unspecified atom stereocenters. The number of hydrogen-bond donors (Lipinski definition) is 6. The van der Waals surface area contributed by atoms with Gasteiger partial charge in [-0.3, -0.25) is 39.6 Å². The van der Waals surface area contributed by atoms with Crippen LogP contribution in [-0.4, -0.2) is 86.0 Å². The Morgan fingerprint density at radius 1 is 1.04 bits per heavy atom. The molecular weight excluding hydrogens is 640 g/mol. The van der Waals surface area contributed by atoms with Gasteiger partial charge in [-0.25, -0.2) is 0 Å². The van der Waals surface area contributed by atoms with Gasteiger partial charge >= 0.3 is 0 Å². The van der Waals surface area contributed by atoms with Crippen molar-refractivity contribution in [3.63, 3.8) is 0 Å². The van der Waals surface area contributed by atoms with E-state index in [1.165, 1.54) is 0 Å². The summed E-state index contributed by atoms with van der Waals surface area (Å²) < 4.78 is 0.716. The minimum atomic E-state index is -1.20. The molecule has 50 heavy (non-hydrogen) atoms. The van der Waals surface area contributed by atoms with Gasteiger partial charge < -0.3 is 21.7 Å². The zero-order valence-electron chi connectivity index (χ0n) is 27.4. The molecule has 4 aliphatic rings. The highest BCUT2D eigenvalue weighted by Crippen LogP contribution is 2.52. The highest BCUT2D eigenvalue weighted by atomic mass is 16.5. The Bertz CT molecular complexity index is 2150. The Hall–Kier alpha value is -6.08. The lowest BCUT2D eigenvalue weighted by molar-refractivity contribution is -0.706. The quantitative estimate of drug-likeness (QED) is 0.0557. The molecule has 3 amide bonds. The van der Waals surface area contributed by atoms with Gasteiger partial charge in [-0.15, -0.1) is 0 Å². The Labute approximate surface area is 286 Å². The van der Waals surface area contributed by atoms with Crippen molar-refractivity contribution in [1.29, 1.82) is 0 Å². The summed E-state index contributed by atoms with van der Waals surface area (Å²) in [5.41, 5.74) is 15.5. The van der Waals surface area contributed by atoms with E-state index in [0.29, 0.717) is 39.1 Å². The second-order valence-corrected chi connectivity index (χ2v) is 13.4. The number of rotatable bonds is 6. The number of fused-ring (bicyclic) bond motifs is 4. The van der Waals surface area contributed by atoms with E-state index in [2.05, 4.69) is 6.72 Å². The lowest BCUT2D eigenvalue weighted by atomic mass is 9.59. The van der Waals surface area contributed by atoms with Gasteiger partial charge in [0.2, 0.25) is 5.71 Å². The number of primary amides is 1. The van der Waals surface area contributed by atoms with Crippen LogP contribution in [0.5, 0.6) is 0 Å². The van der Waals surface area contributed by atoms with Crippen LogP contribution in [0.3, 0.4) is 0 Å². The van der Waals surface area contributed by atoms with Crippen molar-refractivity contribution < 1.29 is 44.7 Å².